The van der Waals surface area contributed by atoms with Gasteiger partial charge in [0, 0.05) is 19.2 Å². The second-order valence-corrected chi connectivity index (χ2v) is 6.33. The van der Waals surface area contributed by atoms with Crippen LogP contribution in [-0.4, -0.2) is 36.2 Å². The number of carbonyl (C=O) groups excluding carboxylic acids is 1. The van der Waals surface area contributed by atoms with E-state index in [0.717, 1.165) is 43.6 Å². The van der Waals surface area contributed by atoms with Crippen LogP contribution >= 0.6 is 0 Å². The quantitative estimate of drug-likeness (QED) is 0.619. The Morgan fingerprint density at radius 2 is 1.85 bits per heavy atom. The number of nitrogens with zero attached hydrogens (tertiary/aromatic N) is 2. The van der Waals surface area contributed by atoms with Crippen LogP contribution < -0.4 is 10.2 Å². The van der Waals surface area contributed by atoms with Crippen LogP contribution in [0.2, 0.25) is 0 Å². The van der Waals surface area contributed by atoms with Crippen LogP contribution in [0.5, 0.6) is 5.75 Å². The van der Waals surface area contributed by atoms with Gasteiger partial charge in [0.2, 0.25) is 0 Å². The molecule has 5 nitrogen and oxygen atoms in total. The van der Waals surface area contributed by atoms with Crippen LogP contribution in [0.25, 0.3) is 0 Å². The zero-order chi connectivity index (χ0) is 19.2. The predicted molar refractivity (Wildman–Crippen MR) is 99.9 cm³/mol. The Morgan fingerprint density at radius 3 is 2.52 bits per heavy atom. The third-order valence-electron chi connectivity index (χ3n) is 4.37. The molecule has 3 rings (SSSR count). The topological polar surface area (TPSA) is 53.9 Å². The molecule has 0 bridgehead atoms. The highest BCUT2D eigenvalue weighted by Gasteiger charge is 2.18. The van der Waals surface area contributed by atoms with Crippen molar-refractivity contribution in [2.45, 2.75) is 19.8 Å². The maximum absolute atomic E-state index is 13.6. The van der Waals surface area contributed by atoms with Gasteiger partial charge in [-0.3, -0.25) is 10.2 Å². The van der Waals surface area contributed by atoms with Crippen LogP contribution in [0.15, 0.2) is 47.6 Å². The lowest BCUT2D eigenvalue weighted by Gasteiger charge is -2.15. The van der Waals surface area contributed by atoms with Gasteiger partial charge in [-0.25, -0.2) is 8.78 Å². The molecule has 1 N–H and O–H groups in total. The number of benzene rings is 2. The molecule has 0 radical (unpaired) electrons. The normalized spacial score (nSPS) is 14.3. The van der Waals surface area contributed by atoms with Crippen LogP contribution in [0, 0.1) is 11.6 Å². The van der Waals surface area contributed by atoms with Crippen molar-refractivity contribution >= 4 is 17.3 Å². The van der Waals surface area contributed by atoms with Crippen molar-refractivity contribution in [3.05, 3.63) is 59.7 Å². The molecule has 1 heterocycles. The van der Waals surface area contributed by atoms with Gasteiger partial charge >= 0.3 is 0 Å². The number of carbonyl (C=O) groups is 1. The molecule has 1 saturated heterocycles. The summed E-state index contributed by atoms with van der Waals surface area (Å²) >= 11 is 0. The average Bonchev–Trinajstić information content (AvgIpc) is 3.20. The van der Waals surface area contributed by atoms with E-state index in [1.807, 2.05) is 4.90 Å². The van der Waals surface area contributed by atoms with E-state index < -0.39 is 11.6 Å². The standard InChI is InChI=1S/C20H21F2N3O2/c1-14(23-24-19-9-6-16(21)12-18(19)22)15-4-7-17(8-5-15)27-13-20(26)25-10-2-3-11-25/h4-9,12,24H,2-3,10-11,13H2,1H3/b23-14+. The molecular weight excluding hydrogens is 352 g/mol. The molecule has 1 fully saturated rings. The minimum Gasteiger partial charge on any atom is -0.484 e. The van der Waals surface area contributed by atoms with Crippen LogP contribution in [-0.2, 0) is 4.79 Å². The first-order valence-corrected chi connectivity index (χ1v) is 8.79. The summed E-state index contributed by atoms with van der Waals surface area (Å²) in [5.74, 6) is -0.757. The number of nitrogens with one attached hydrogen (secondary N) is 1. The number of hydrogen-bond acceptors (Lipinski definition) is 4. The van der Waals surface area contributed by atoms with Gasteiger partial charge in [-0.15, -0.1) is 0 Å². The molecule has 0 spiro atoms. The van der Waals surface area contributed by atoms with Gasteiger partial charge in [-0.05, 0) is 61.7 Å². The molecule has 142 valence electrons. The summed E-state index contributed by atoms with van der Waals surface area (Å²) in [6.07, 6.45) is 2.10. The van der Waals surface area contributed by atoms with Gasteiger partial charge in [0.1, 0.15) is 11.6 Å². The third-order valence-corrected chi connectivity index (χ3v) is 4.37. The van der Waals surface area contributed by atoms with E-state index in [1.165, 1.54) is 6.07 Å². The molecule has 0 atom stereocenters. The van der Waals surface area contributed by atoms with E-state index in [2.05, 4.69) is 10.5 Å². The second kappa shape index (κ2) is 8.62. The minimum atomic E-state index is -0.710. The van der Waals surface area contributed by atoms with E-state index in [4.69, 9.17) is 4.74 Å². The van der Waals surface area contributed by atoms with Crippen molar-refractivity contribution in [3.8, 4) is 5.75 Å². The van der Waals surface area contributed by atoms with E-state index in [9.17, 15) is 13.6 Å². The number of ether oxygens (including phenoxy) is 1. The molecule has 0 aliphatic carbocycles. The molecule has 0 aromatic heterocycles. The second-order valence-electron chi connectivity index (χ2n) is 6.33. The van der Waals surface area contributed by atoms with Crippen LogP contribution in [0.1, 0.15) is 25.3 Å². The van der Waals surface area contributed by atoms with E-state index in [1.54, 1.807) is 31.2 Å². The van der Waals surface area contributed by atoms with Crippen molar-refractivity contribution in [2.24, 2.45) is 5.10 Å². The van der Waals surface area contributed by atoms with Gasteiger partial charge in [0.25, 0.3) is 5.91 Å². The Bertz CT molecular complexity index is 832. The highest BCUT2D eigenvalue weighted by atomic mass is 19.1. The van der Waals surface area contributed by atoms with E-state index in [-0.39, 0.29) is 18.2 Å². The predicted octanol–water partition coefficient (Wildman–Crippen LogP) is 3.80. The summed E-state index contributed by atoms with van der Waals surface area (Å²) in [5, 5.41) is 4.11. The molecule has 27 heavy (non-hydrogen) atoms. The van der Waals surface area contributed by atoms with Crippen molar-refractivity contribution in [2.75, 3.05) is 25.1 Å². The fourth-order valence-corrected chi connectivity index (χ4v) is 2.78. The number of anilines is 1. The zero-order valence-corrected chi connectivity index (χ0v) is 15.0. The summed E-state index contributed by atoms with van der Waals surface area (Å²) in [7, 11) is 0. The first kappa shape index (κ1) is 18.8. The summed E-state index contributed by atoms with van der Waals surface area (Å²) < 4.78 is 32.0. The monoisotopic (exact) mass is 373 g/mol. The molecule has 0 unspecified atom stereocenters. The Labute approximate surface area is 156 Å². The smallest absolute Gasteiger partial charge is 0.260 e. The van der Waals surface area contributed by atoms with Crippen molar-refractivity contribution in [3.63, 3.8) is 0 Å². The highest BCUT2D eigenvalue weighted by molar-refractivity contribution is 5.99. The van der Waals surface area contributed by atoms with E-state index in [0.29, 0.717) is 11.5 Å². The first-order valence-electron chi connectivity index (χ1n) is 8.79. The molecule has 0 saturated carbocycles. The molecule has 2 aromatic rings. The number of rotatable bonds is 6. The molecule has 1 aliphatic heterocycles. The SMILES string of the molecule is C/C(=N\Nc1ccc(F)cc1F)c1ccc(OCC(=O)N2CCCC2)cc1. The number of hydrazone groups is 1. The first-order chi connectivity index (χ1) is 13.0. The van der Waals surface area contributed by atoms with Crippen molar-refractivity contribution < 1.29 is 18.3 Å². The fraction of sp³-hybridized carbons (Fsp3) is 0.300. The molecule has 7 heteroatoms. The Hall–Kier alpha value is -2.96. The molecule has 1 aliphatic rings. The Kier molecular flexibility index (Phi) is 6.01. The molecule has 1 amide bonds. The Morgan fingerprint density at radius 1 is 1.15 bits per heavy atom. The van der Waals surface area contributed by atoms with Gasteiger partial charge in [0.05, 0.1) is 11.4 Å². The summed E-state index contributed by atoms with van der Waals surface area (Å²) in [6, 6.07) is 10.4. The zero-order valence-electron chi connectivity index (χ0n) is 15.0. The van der Waals surface area contributed by atoms with Gasteiger partial charge in [-0.2, -0.15) is 5.10 Å². The van der Waals surface area contributed by atoms with Crippen LogP contribution in [0.3, 0.4) is 0 Å². The lowest BCUT2D eigenvalue weighted by atomic mass is 10.1. The maximum Gasteiger partial charge on any atom is 0.260 e. The van der Waals surface area contributed by atoms with Crippen LogP contribution in [0.4, 0.5) is 14.5 Å². The fourth-order valence-electron chi connectivity index (χ4n) is 2.78. The lowest BCUT2D eigenvalue weighted by molar-refractivity contribution is -0.132. The summed E-state index contributed by atoms with van der Waals surface area (Å²) in [6.45, 7) is 3.40. The van der Waals surface area contributed by atoms with Gasteiger partial charge in [0.15, 0.2) is 12.4 Å². The summed E-state index contributed by atoms with van der Waals surface area (Å²) in [4.78, 5) is 13.8. The third kappa shape index (κ3) is 5.03. The maximum atomic E-state index is 13.6. The minimum absolute atomic E-state index is 0.000144. The number of halogens is 2. The largest absolute Gasteiger partial charge is 0.484 e. The molecule has 2 aromatic carbocycles. The number of likely N-dealkylation sites (tertiary alicyclic amines) is 1. The lowest BCUT2D eigenvalue weighted by Crippen LogP contribution is -2.32. The summed E-state index contributed by atoms with van der Waals surface area (Å²) in [5.41, 5.74) is 4.11. The van der Waals surface area contributed by atoms with Crippen molar-refractivity contribution in [1.29, 1.82) is 0 Å². The highest BCUT2D eigenvalue weighted by Crippen LogP contribution is 2.17. The van der Waals surface area contributed by atoms with Crippen molar-refractivity contribution in [1.82, 2.24) is 4.90 Å². The number of amides is 1. The molecular formula is C20H21F2N3O2. The van der Waals surface area contributed by atoms with E-state index >= 15 is 0 Å². The number of hydrogen-bond donors (Lipinski definition) is 1. The average molecular weight is 373 g/mol. The van der Waals surface area contributed by atoms with Gasteiger partial charge in [-0.1, -0.05) is 0 Å². The Balaban J connectivity index is 1.56. The van der Waals surface area contributed by atoms with Gasteiger partial charge < -0.3 is 9.64 Å².